The normalized spacial score (nSPS) is 13.6. The number of pyridine rings is 1. The summed E-state index contributed by atoms with van der Waals surface area (Å²) in [5.41, 5.74) is 1.93. The number of hydrogen-bond acceptors (Lipinski definition) is 4. The number of amides is 1. The Morgan fingerprint density at radius 1 is 1.15 bits per heavy atom. The van der Waals surface area contributed by atoms with Gasteiger partial charge in [-0.15, -0.1) is 0 Å². The molecule has 0 N–H and O–H groups in total. The zero-order valence-corrected chi connectivity index (χ0v) is 10.9. The molecule has 1 amide bonds. The molecule has 0 fully saturated rings. The first-order valence-corrected chi connectivity index (χ1v) is 6.14. The van der Waals surface area contributed by atoms with Crippen LogP contribution >= 0.6 is 0 Å². The number of benzene rings is 1. The number of nitrogens with zero attached hydrogens (tertiary/aromatic N) is 2. The molecule has 0 aliphatic carbocycles. The maximum absolute atomic E-state index is 12.1. The maximum atomic E-state index is 12.1. The van der Waals surface area contributed by atoms with E-state index in [0.29, 0.717) is 23.5 Å². The van der Waals surface area contributed by atoms with Crippen LogP contribution in [0.5, 0.6) is 5.75 Å². The molecule has 0 radical (unpaired) electrons. The van der Waals surface area contributed by atoms with Gasteiger partial charge in [-0.2, -0.15) is 0 Å². The van der Waals surface area contributed by atoms with Crippen molar-refractivity contribution in [2.45, 2.75) is 6.54 Å². The van der Waals surface area contributed by atoms with Crippen molar-refractivity contribution in [3.63, 3.8) is 0 Å². The molecule has 5 heteroatoms. The standard InChI is InChI=1S/C15H12N2O3/c1-20-11-2-3-12-13(8-11)17(15(19)14(12)18)9-10-4-6-16-7-5-10/h2-8H,9H2,1H3. The van der Waals surface area contributed by atoms with Crippen molar-refractivity contribution in [2.75, 3.05) is 12.0 Å². The van der Waals surface area contributed by atoms with E-state index in [-0.39, 0.29) is 0 Å². The third kappa shape index (κ3) is 1.93. The number of hydrogen-bond donors (Lipinski definition) is 0. The molecule has 0 unspecified atom stereocenters. The molecular weight excluding hydrogens is 256 g/mol. The van der Waals surface area contributed by atoms with E-state index in [1.807, 2.05) is 12.1 Å². The van der Waals surface area contributed by atoms with Crippen molar-refractivity contribution < 1.29 is 14.3 Å². The van der Waals surface area contributed by atoms with E-state index in [1.165, 1.54) is 4.90 Å². The monoisotopic (exact) mass is 268 g/mol. The molecular formula is C15H12N2O3. The largest absolute Gasteiger partial charge is 0.497 e. The Labute approximate surface area is 115 Å². The topological polar surface area (TPSA) is 59.5 Å². The molecule has 0 saturated carbocycles. The molecule has 0 bridgehead atoms. The molecule has 1 aliphatic rings. The number of methoxy groups -OCH3 is 1. The molecule has 2 aromatic rings. The molecule has 5 nitrogen and oxygen atoms in total. The molecule has 20 heavy (non-hydrogen) atoms. The number of anilines is 1. The first-order valence-electron chi connectivity index (χ1n) is 6.14. The third-order valence-corrected chi connectivity index (χ3v) is 3.27. The Bertz CT molecular complexity index is 683. The van der Waals surface area contributed by atoms with Crippen LogP contribution in [0.15, 0.2) is 42.7 Å². The van der Waals surface area contributed by atoms with Gasteiger partial charge in [0.15, 0.2) is 0 Å². The Morgan fingerprint density at radius 2 is 1.90 bits per heavy atom. The Balaban J connectivity index is 2.00. The van der Waals surface area contributed by atoms with E-state index in [0.717, 1.165) is 5.56 Å². The Morgan fingerprint density at radius 3 is 2.60 bits per heavy atom. The van der Waals surface area contributed by atoms with Crippen LogP contribution in [0.3, 0.4) is 0 Å². The summed E-state index contributed by atoms with van der Waals surface area (Å²) < 4.78 is 5.15. The summed E-state index contributed by atoms with van der Waals surface area (Å²) in [5.74, 6) is -0.368. The zero-order chi connectivity index (χ0) is 14.1. The fourth-order valence-corrected chi connectivity index (χ4v) is 2.23. The molecule has 0 atom stereocenters. The zero-order valence-electron chi connectivity index (χ0n) is 10.9. The van der Waals surface area contributed by atoms with Crippen LogP contribution in [0, 0.1) is 0 Å². The van der Waals surface area contributed by atoms with Crippen LogP contribution in [0.2, 0.25) is 0 Å². The van der Waals surface area contributed by atoms with Crippen molar-refractivity contribution in [1.82, 2.24) is 4.98 Å². The van der Waals surface area contributed by atoms with Gasteiger partial charge in [0.05, 0.1) is 24.9 Å². The number of carbonyl (C=O) groups excluding carboxylic acids is 2. The summed E-state index contributed by atoms with van der Waals surface area (Å²) in [7, 11) is 1.55. The highest BCUT2D eigenvalue weighted by atomic mass is 16.5. The van der Waals surface area contributed by atoms with Gasteiger partial charge in [-0.1, -0.05) is 0 Å². The second kappa shape index (κ2) is 4.77. The molecule has 100 valence electrons. The highest BCUT2D eigenvalue weighted by Crippen LogP contribution is 2.33. The minimum absolute atomic E-state index is 0.341. The predicted octanol–water partition coefficient (Wildman–Crippen LogP) is 1.82. The second-order valence-corrected chi connectivity index (χ2v) is 4.46. The van der Waals surface area contributed by atoms with Crippen molar-refractivity contribution >= 4 is 17.4 Å². The summed E-state index contributed by atoms with van der Waals surface area (Å²) >= 11 is 0. The van der Waals surface area contributed by atoms with E-state index in [4.69, 9.17) is 4.74 Å². The van der Waals surface area contributed by atoms with Crippen LogP contribution in [-0.4, -0.2) is 23.8 Å². The average Bonchev–Trinajstić information content (AvgIpc) is 2.73. The third-order valence-electron chi connectivity index (χ3n) is 3.27. The molecule has 1 aliphatic heterocycles. The maximum Gasteiger partial charge on any atom is 0.299 e. The van der Waals surface area contributed by atoms with Gasteiger partial charge in [-0.25, -0.2) is 0 Å². The van der Waals surface area contributed by atoms with Crippen molar-refractivity contribution in [3.8, 4) is 5.75 Å². The SMILES string of the molecule is COc1ccc2c(c1)N(Cc1ccncc1)C(=O)C2=O. The van der Waals surface area contributed by atoms with Crippen molar-refractivity contribution in [3.05, 3.63) is 53.9 Å². The van der Waals surface area contributed by atoms with Gasteiger partial charge in [0.25, 0.3) is 11.7 Å². The molecule has 1 aromatic carbocycles. The lowest BCUT2D eigenvalue weighted by Crippen LogP contribution is -2.29. The van der Waals surface area contributed by atoms with Crippen LogP contribution < -0.4 is 9.64 Å². The van der Waals surface area contributed by atoms with Gasteiger partial charge in [0.2, 0.25) is 0 Å². The van der Waals surface area contributed by atoms with Crippen LogP contribution in [-0.2, 0) is 11.3 Å². The first-order chi connectivity index (χ1) is 9.70. The number of ether oxygens (including phenoxy) is 1. The first kappa shape index (κ1) is 12.3. The van der Waals surface area contributed by atoms with Crippen LogP contribution in [0.1, 0.15) is 15.9 Å². The van der Waals surface area contributed by atoms with E-state index < -0.39 is 11.7 Å². The second-order valence-electron chi connectivity index (χ2n) is 4.46. The minimum atomic E-state index is -0.509. The number of Topliss-reactive ketones (excluding diaryl/α,β-unsaturated/α-hetero) is 1. The Kier molecular flexibility index (Phi) is 2.95. The van der Waals surface area contributed by atoms with E-state index >= 15 is 0 Å². The predicted molar refractivity (Wildman–Crippen MR) is 72.8 cm³/mol. The quantitative estimate of drug-likeness (QED) is 0.797. The highest BCUT2D eigenvalue weighted by Gasteiger charge is 2.35. The smallest absolute Gasteiger partial charge is 0.299 e. The lowest BCUT2D eigenvalue weighted by Gasteiger charge is -2.16. The lowest BCUT2D eigenvalue weighted by molar-refractivity contribution is -0.114. The highest BCUT2D eigenvalue weighted by molar-refractivity contribution is 6.52. The summed E-state index contributed by atoms with van der Waals surface area (Å²) in [4.78, 5) is 29.4. The summed E-state index contributed by atoms with van der Waals surface area (Å²) in [6.07, 6.45) is 3.31. The minimum Gasteiger partial charge on any atom is -0.497 e. The number of aromatic nitrogens is 1. The van der Waals surface area contributed by atoms with E-state index in [9.17, 15) is 9.59 Å². The molecule has 0 saturated heterocycles. The van der Waals surface area contributed by atoms with Crippen molar-refractivity contribution in [2.24, 2.45) is 0 Å². The number of fused-ring (bicyclic) bond motifs is 1. The van der Waals surface area contributed by atoms with Gasteiger partial charge in [0.1, 0.15) is 5.75 Å². The van der Waals surface area contributed by atoms with Gasteiger partial charge >= 0.3 is 0 Å². The summed E-state index contributed by atoms with van der Waals surface area (Å²) in [6, 6.07) is 8.64. The average molecular weight is 268 g/mol. The summed E-state index contributed by atoms with van der Waals surface area (Å²) in [5, 5.41) is 0. The molecule has 0 spiro atoms. The fraction of sp³-hybridized carbons (Fsp3) is 0.133. The van der Waals surface area contributed by atoms with Gasteiger partial charge in [0, 0.05) is 18.5 Å². The summed E-state index contributed by atoms with van der Waals surface area (Å²) in [6.45, 7) is 0.341. The van der Waals surface area contributed by atoms with E-state index in [1.54, 1.807) is 37.7 Å². The molecule has 1 aromatic heterocycles. The molecule has 3 rings (SSSR count). The number of ketones is 1. The van der Waals surface area contributed by atoms with Gasteiger partial charge in [-0.3, -0.25) is 14.6 Å². The number of carbonyl (C=O) groups is 2. The van der Waals surface area contributed by atoms with E-state index in [2.05, 4.69) is 4.98 Å². The van der Waals surface area contributed by atoms with Crippen LogP contribution in [0.25, 0.3) is 0 Å². The van der Waals surface area contributed by atoms with Crippen molar-refractivity contribution in [1.29, 1.82) is 0 Å². The van der Waals surface area contributed by atoms with Gasteiger partial charge < -0.3 is 9.64 Å². The fourth-order valence-electron chi connectivity index (χ4n) is 2.23. The van der Waals surface area contributed by atoms with Crippen LogP contribution in [0.4, 0.5) is 5.69 Å². The molecule has 2 heterocycles. The van der Waals surface area contributed by atoms with Gasteiger partial charge in [-0.05, 0) is 29.8 Å². The Hall–Kier alpha value is -2.69. The lowest BCUT2D eigenvalue weighted by atomic mass is 10.1. The number of rotatable bonds is 3.